The van der Waals surface area contributed by atoms with Gasteiger partial charge in [0.25, 0.3) is 0 Å². The molecule has 0 aliphatic heterocycles. The molecule has 0 aromatic rings. The van der Waals surface area contributed by atoms with E-state index in [1.54, 1.807) is 0 Å². The van der Waals surface area contributed by atoms with Gasteiger partial charge in [-0.3, -0.25) is 0 Å². The molecule has 0 aromatic heterocycles. The standard InChI is InChI=1S/CH4N6/c2-1(5-3)6-7-4/h3H2,(H2,2,5). The van der Waals surface area contributed by atoms with Crippen molar-refractivity contribution in [3.05, 3.63) is 10.4 Å². The summed E-state index contributed by atoms with van der Waals surface area (Å²) >= 11 is 0. The lowest BCUT2D eigenvalue weighted by atomic mass is 11.1. The summed E-state index contributed by atoms with van der Waals surface area (Å²) in [6, 6.07) is 0. The summed E-state index contributed by atoms with van der Waals surface area (Å²) in [6.07, 6.45) is 0. The minimum absolute atomic E-state index is 0.262. The van der Waals surface area contributed by atoms with E-state index >= 15 is 0 Å². The Labute approximate surface area is 39.4 Å². The molecule has 4 N–H and O–H groups in total. The molecule has 0 rings (SSSR count). The predicted molar refractivity (Wildman–Crippen MR) is 25.0 cm³/mol. The molecule has 0 heterocycles. The number of hydrogen-bond acceptors (Lipinski definition) is 2. The Morgan fingerprint density at radius 3 is 2.43 bits per heavy atom. The van der Waals surface area contributed by atoms with Gasteiger partial charge in [-0.2, -0.15) is 5.10 Å². The quantitative estimate of drug-likeness (QED) is 0.0811. The molecule has 0 saturated carbocycles. The first-order valence-electron chi connectivity index (χ1n) is 1.39. The second-order valence-electron chi connectivity index (χ2n) is 0.677. The van der Waals surface area contributed by atoms with E-state index in [1.807, 2.05) is 0 Å². The molecule has 0 atom stereocenters. The van der Waals surface area contributed by atoms with Crippen molar-refractivity contribution in [3.63, 3.8) is 0 Å². The normalized spacial score (nSPS) is 10.0. The fourth-order valence-electron chi connectivity index (χ4n) is 0.0716. The maximum Gasteiger partial charge on any atom is 0.207 e. The first kappa shape index (κ1) is 5.58. The van der Waals surface area contributed by atoms with Gasteiger partial charge in [-0.1, -0.05) is 0 Å². The molecule has 0 radical (unpaired) electrons. The number of hydrazone groups is 1. The Bertz CT molecular complexity index is 116. The number of azide groups is 1. The van der Waals surface area contributed by atoms with Crippen LogP contribution in [-0.4, -0.2) is 5.96 Å². The van der Waals surface area contributed by atoms with Crippen LogP contribution >= 0.6 is 0 Å². The molecule has 0 saturated heterocycles. The highest BCUT2D eigenvalue weighted by Crippen LogP contribution is 1.64. The molecular formula is CH4N6. The topological polar surface area (TPSA) is 113 Å². The lowest BCUT2D eigenvalue weighted by molar-refractivity contribution is 1.21. The fraction of sp³-hybridized carbons (Fsp3) is 0. The Morgan fingerprint density at radius 1 is 1.71 bits per heavy atom. The summed E-state index contributed by atoms with van der Waals surface area (Å²) in [6.45, 7) is 0. The van der Waals surface area contributed by atoms with Crippen LogP contribution in [0, 0.1) is 0 Å². The van der Waals surface area contributed by atoms with E-state index in [4.69, 9.17) is 11.3 Å². The van der Waals surface area contributed by atoms with Gasteiger partial charge < -0.3 is 11.6 Å². The van der Waals surface area contributed by atoms with Gasteiger partial charge in [-0.05, 0) is 10.6 Å². The number of guanidine groups is 1. The smallest absolute Gasteiger partial charge is 0.207 e. The van der Waals surface area contributed by atoms with Crippen LogP contribution in [0.3, 0.4) is 0 Å². The zero-order valence-electron chi connectivity index (χ0n) is 3.44. The summed E-state index contributed by atoms with van der Waals surface area (Å²) in [5.41, 5.74) is 12.4. The first-order valence-corrected chi connectivity index (χ1v) is 1.39. The maximum atomic E-state index is 7.61. The van der Waals surface area contributed by atoms with Gasteiger partial charge in [0.2, 0.25) is 5.96 Å². The molecule has 0 bridgehead atoms. The Hall–Kier alpha value is -1.42. The zero-order chi connectivity index (χ0) is 5.70. The molecule has 6 nitrogen and oxygen atoms in total. The van der Waals surface area contributed by atoms with Crippen LogP contribution in [0.4, 0.5) is 0 Å². The van der Waals surface area contributed by atoms with Crippen LogP contribution in [0.5, 0.6) is 0 Å². The third kappa shape index (κ3) is 2.38. The van der Waals surface area contributed by atoms with Crippen molar-refractivity contribution in [3.8, 4) is 0 Å². The molecule has 38 valence electrons. The summed E-state index contributed by atoms with van der Waals surface area (Å²) in [7, 11) is 0. The highest BCUT2D eigenvalue weighted by Gasteiger charge is 1.74. The van der Waals surface area contributed by atoms with Crippen molar-refractivity contribution in [1.29, 1.82) is 0 Å². The van der Waals surface area contributed by atoms with Crippen molar-refractivity contribution in [2.75, 3.05) is 0 Å². The van der Waals surface area contributed by atoms with Gasteiger partial charge in [0.1, 0.15) is 0 Å². The molecule has 0 fully saturated rings. The van der Waals surface area contributed by atoms with E-state index in [2.05, 4.69) is 21.0 Å². The van der Waals surface area contributed by atoms with Crippen molar-refractivity contribution in [1.82, 2.24) is 0 Å². The van der Waals surface area contributed by atoms with Gasteiger partial charge in [0.05, 0.1) is 0 Å². The largest absolute Gasteiger partial charge is 0.380 e. The second-order valence-corrected chi connectivity index (χ2v) is 0.677. The Kier molecular flexibility index (Phi) is 2.23. The van der Waals surface area contributed by atoms with Gasteiger partial charge in [-0.15, -0.1) is 0 Å². The highest BCUT2D eigenvalue weighted by atomic mass is 15.3. The number of nitrogens with two attached hydrogens (primary N) is 2. The fourth-order valence-corrected chi connectivity index (χ4v) is 0.0716. The molecule has 0 aromatic carbocycles. The minimum Gasteiger partial charge on any atom is -0.380 e. The molecule has 0 spiro atoms. The molecule has 0 unspecified atom stereocenters. The van der Waals surface area contributed by atoms with Crippen LogP contribution < -0.4 is 11.6 Å². The molecule has 6 heteroatoms. The number of nitrogens with zero attached hydrogens (tertiary/aromatic N) is 4. The zero-order valence-corrected chi connectivity index (χ0v) is 3.44. The van der Waals surface area contributed by atoms with Crippen molar-refractivity contribution < 1.29 is 0 Å². The van der Waals surface area contributed by atoms with Crippen LogP contribution in [0.15, 0.2) is 10.2 Å². The third-order valence-corrected chi connectivity index (χ3v) is 0.279. The van der Waals surface area contributed by atoms with Gasteiger partial charge in [0, 0.05) is 4.91 Å². The summed E-state index contributed by atoms with van der Waals surface area (Å²) in [5, 5.41) is 5.68. The van der Waals surface area contributed by atoms with Crippen LogP contribution in [0.2, 0.25) is 0 Å². The van der Waals surface area contributed by atoms with Crippen LogP contribution in [-0.2, 0) is 0 Å². The summed E-state index contributed by atoms with van der Waals surface area (Å²) in [4.78, 5) is 2.30. The van der Waals surface area contributed by atoms with E-state index in [0.717, 1.165) is 0 Å². The van der Waals surface area contributed by atoms with E-state index < -0.39 is 0 Å². The average Bonchev–Trinajstić information content (AvgIpc) is 1.68. The van der Waals surface area contributed by atoms with Crippen molar-refractivity contribution in [2.24, 2.45) is 21.8 Å². The molecule has 7 heavy (non-hydrogen) atoms. The maximum absolute atomic E-state index is 7.61. The predicted octanol–water partition coefficient (Wildman–Crippen LogP) is -0.515. The molecule has 0 amide bonds. The Balaban J connectivity index is 3.82. The average molecular weight is 100 g/mol. The van der Waals surface area contributed by atoms with Crippen LogP contribution in [0.25, 0.3) is 10.4 Å². The lowest BCUT2D eigenvalue weighted by Crippen LogP contribution is -2.08. The molecular weight excluding hydrogens is 96.1 g/mol. The SMILES string of the molecule is [N-]=[N+]=N/C(N)=N/N. The van der Waals surface area contributed by atoms with Gasteiger partial charge >= 0.3 is 0 Å². The lowest BCUT2D eigenvalue weighted by Gasteiger charge is -1.77. The van der Waals surface area contributed by atoms with Gasteiger partial charge in [-0.25, -0.2) is 0 Å². The third-order valence-electron chi connectivity index (χ3n) is 0.279. The van der Waals surface area contributed by atoms with Crippen molar-refractivity contribution >= 4 is 5.96 Å². The highest BCUT2D eigenvalue weighted by molar-refractivity contribution is 5.78. The van der Waals surface area contributed by atoms with E-state index in [1.165, 1.54) is 0 Å². The molecule has 0 aliphatic carbocycles. The second kappa shape index (κ2) is 2.80. The van der Waals surface area contributed by atoms with E-state index in [0.29, 0.717) is 0 Å². The number of rotatable bonds is 0. The monoisotopic (exact) mass is 100 g/mol. The number of hydrogen-bond donors (Lipinski definition) is 2. The molecule has 0 aliphatic rings. The van der Waals surface area contributed by atoms with E-state index in [9.17, 15) is 0 Å². The van der Waals surface area contributed by atoms with Crippen LogP contribution in [0.1, 0.15) is 0 Å². The van der Waals surface area contributed by atoms with Gasteiger partial charge in [0.15, 0.2) is 0 Å². The minimum atomic E-state index is -0.262. The first-order chi connectivity index (χ1) is 3.31. The summed E-state index contributed by atoms with van der Waals surface area (Å²) < 4.78 is 0. The Morgan fingerprint density at radius 2 is 2.29 bits per heavy atom. The van der Waals surface area contributed by atoms with E-state index in [-0.39, 0.29) is 5.96 Å². The van der Waals surface area contributed by atoms with Crippen molar-refractivity contribution in [2.45, 2.75) is 0 Å². The summed E-state index contributed by atoms with van der Waals surface area (Å²) in [5.74, 6) is 4.29.